The van der Waals surface area contributed by atoms with E-state index >= 15 is 0 Å². The highest BCUT2D eigenvalue weighted by Crippen LogP contribution is 2.31. The zero-order chi connectivity index (χ0) is 13.7. The number of amides is 1. The Morgan fingerprint density at radius 2 is 2.21 bits per heavy atom. The first-order chi connectivity index (χ1) is 9.20. The van der Waals surface area contributed by atoms with Crippen LogP contribution in [0, 0.1) is 0 Å². The van der Waals surface area contributed by atoms with Gasteiger partial charge in [0.2, 0.25) is 5.91 Å². The largest absolute Gasteiger partial charge is 0.376 e. The van der Waals surface area contributed by atoms with Gasteiger partial charge in [0.05, 0.1) is 12.6 Å². The molecule has 0 aromatic carbocycles. The van der Waals surface area contributed by atoms with Gasteiger partial charge in [-0.3, -0.25) is 9.69 Å². The zero-order valence-corrected chi connectivity index (χ0v) is 12.9. The number of thioether (sulfide) groups is 1. The molecule has 0 spiro atoms. The van der Waals surface area contributed by atoms with Crippen LogP contribution in [-0.2, 0) is 9.53 Å². The minimum absolute atomic E-state index is 0.129. The van der Waals surface area contributed by atoms with Crippen molar-refractivity contribution in [2.45, 2.75) is 49.5 Å². The summed E-state index contributed by atoms with van der Waals surface area (Å²) in [6.45, 7) is 2.02. The summed E-state index contributed by atoms with van der Waals surface area (Å²) in [6.07, 6.45) is 8.41. The molecule has 1 amide bonds. The minimum Gasteiger partial charge on any atom is -0.376 e. The van der Waals surface area contributed by atoms with Crippen molar-refractivity contribution < 1.29 is 9.53 Å². The molecule has 5 heteroatoms. The number of nitrogens with one attached hydrogen (secondary N) is 1. The molecule has 2 aliphatic rings. The average Bonchev–Trinajstić information content (AvgIpc) is 3.07. The summed E-state index contributed by atoms with van der Waals surface area (Å²) >= 11 is 1.94. The quantitative estimate of drug-likeness (QED) is 0.803. The third-order valence-corrected chi connectivity index (χ3v) is 5.39. The van der Waals surface area contributed by atoms with Gasteiger partial charge < -0.3 is 10.1 Å². The molecule has 1 saturated carbocycles. The fraction of sp³-hybridized carbons (Fsp3) is 0.929. The summed E-state index contributed by atoms with van der Waals surface area (Å²) in [5, 5.41) is 3.69. The summed E-state index contributed by atoms with van der Waals surface area (Å²) in [6, 6.07) is 0.559. The summed E-state index contributed by atoms with van der Waals surface area (Å²) in [4.78, 5) is 14.2. The molecular formula is C14H26N2O2S. The van der Waals surface area contributed by atoms with Gasteiger partial charge in [-0.25, -0.2) is 0 Å². The fourth-order valence-corrected chi connectivity index (χ4v) is 4.18. The van der Waals surface area contributed by atoms with Crippen molar-refractivity contribution in [2.75, 3.05) is 33.0 Å². The molecule has 2 fully saturated rings. The predicted molar refractivity (Wildman–Crippen MR) is 79.6 cm³/mol. The molecule has 0 aromatic heterocycles. The van der Waals surface area contributed by atoms with Crippen molar-refractivity contribution >= 4 is 17.7 Å². The second-order valence-electron chi connectivity index (χ2n) is 5.63. The van der Waals surface area contributed by atoms with Crippen LogP contribution in [-0.4, -0.2) is 61.2 Å². The molecule has 1 heterocycles. The van der Waals surface area contributed by atoms with Crippen LogP contribution in [0.15, 0.2) is 0 Å². The Balaban J connectivity index is 1.68. The molecule has 2 rings (SSSR count). The Hall–Kier alpha value is -0.260. The molecule has 4 nitrogen and oxygen atoms in total. The smallest absolute Gasteiger partial charge is 0.234 e. The second-order valence-corrected chi connectivity index (χ2v) is 6.70. The standard InChI is InChI=1S/C14H26N2O2S/c1-16(12-6-3-7-13(12)19-2)10-14(17)15-9-11-5-4-8-18-11/h11-13H,3-10H2,1-2H3,(H,15,17)/t11-,12-,13-/m1/s1. The van der Waals surface area contributed by atoms with Gasteiger partial charge in [-0.05, 0) is 39.0 Å². The number of hydrogen-bond donors (Lipinski definition) is 1. The van der Waals surface area contributed by atoms with Crippen molar-refractivity contribution in [3.8, 4) is 0 Å². The summed E-state index contributed by atoms with van der Waals surface area (Å²) < 4.78 is 5.51. The number of carbonyl (C=O) groups excluding carboxylic acids is 1. The van der Waals surface area contributed by atoms with Crippen molar-refractivity contribution in [3.05, 3.63) is 0 Å². The maximum atomic E-state index is 11.9. The summed E-state index contributed by atoms with van der Waals surface area (Å²) in [7, 11) is 2.07. The third-order valence-electron chi connectivity index (χ3n) is 4.23. The van der Waals surface area contributed by atoms with Crippen LogP contribution in [0.3, 0.4) is 0 Å². The van der Waals surface area contributed by atoms with Gasteiger partial charge in [0.25, 0.3) is 0 Å². The maximum absolute atomic E-state index is 11.9. The molecule has 1 aliphatic heterocycles. The van der Waals surface area contributed by atoms with Gasteiger partial charge in [0, 0.05) is 24.4 Å². The van der Waals surface area contributed by atoms with Crippen molar-refractivity contribution in [3.63, 3.8) is 0 Å². The van der Waals surface area contributed by atoms with E-state index in [0.717, 1.165) is 19.4 Å². The lowest BCUT2D eigenvalue weighted by Crippen LogP contribution is -2.44. The van der Waals surface area contributed by atoms with E-state index in [2.05, 4.69) is 23.5 Å². The number of likely N-dealkylation sites (N-methyl/N-ethyl adjacent to an activating group) is 1. The van der Waals surface area contributed by atoms with Crippen molar-refractivity contribution in [1.82, 2.24) is 10.2 Å². The van der Waals surface area contributed by atoms with Gasteiger partial charge in [-0.2, -0.15) is 11.8 Å². The number of rotatable bonds is 6. The van der Waals surface area contributed by atoms with E-state index < -0.39 is 0 Å². The Labute approximate surface area is 120 Å². The number of nitrogens with zero attached hydrogens (tertiary/aromatic N) is 1. The molecule has 0 bridgehead atoms. The third kappa shape index (κ3) is 4.36. The fourth-order valence-electron chi connectivity index (χ4n) is 3.12. The van der Waals surface area contributed by atoms with Gasteiger partial charge in [0.1, 0.15) is 0 Å². The molecule has 3 atom stereocenters. The lowest BCUT2D eigenvalue weighted by Gasteiger charge is -2.28. The number of carbonyl (C=O) groups is 1. The molecule has 1 aliphatic carbocycles. The predicted octanol–water partition coefficient (Wildman–Crippen LogP) is 1.50. The van der Waals surface area contributed by atoms with Gasteiger partial charge >= 0.3 is 0 Å². The van der Waals surface area contributed by atoms with Crippen LogP contribution >= 0.6 is 11.8 Å². The van der Waals surface area contributed by atoms with Crippen LogP contribution in [0.25, 0.3) is 0 Å². The Kier molecular flexibility index (Phi) is 5.98. The van der Waals surface area contributed by atoms with Crippen LogP contribution in [0.2, 0.25) is 0 Å². The highest BCUT2D eigenvalue weighted by atomic mass is 32.2. The van der Waals surface area contributed by atoms with Crippen LogP contribution in [0.4, 0.5) is 0 Å². The van der Waals surface area contributed by atoms with E-state index in [1.807, 2.05) is 11.8 Å². The summed E-state index contributed by atoms with van der Waals surface area (Å²) in [5.74, 6) is 0.129. The number of ether oxygens (including phenoxy) is 1. The lowest BCUT2D eigenvalue weighted by molar-refractivity contribution is -0.122. The molecule has 0 aromatic rings. The van der Waals surface area contributed by atoms with E-state index in [-0.39, 0.29) is 12.0 Å². The van der Waals surface area contributed by atoms with Crippen LogP contribution in [0.1, 0.15) is 32.1 Å². The first kappa shape index (κ1) is 15.1. The Morgan fingerprint density at radius 1 is 1.37 bits per heavy atom. The Morgan fingerprint density at radius 3 is 2.89 bits per heavy atom. The molecular weight excluding hydrogens is 260 g/mol. The van der Waals surface area contributed by atoms with Gasteiger partial charge in [-0.15, -0.1) is 0 Å². The molecule has 110 valence electrons. The van der Waals surface area contributed by atoms with Gasteiger partial charge in [0.15, 0.2) is 0 Å². The Bertz CT molecular complexity index is 295. The van der Waals surface area contributed by atoms with Gasteiger partial charge in [-0.1, -0.05) is 6.42 Å². The lowest BCUT2D eigenvalue weighted by atomic mass is 10.2. The van der Waals surface area contributed by atoms with Crippen LogP contribution < -0.4 is 5.32 Å². The zero-order valence-electron chi connectivity index (χ0n) is 12.1. The highest BCUT2D eigenvalue weighted by Gasteiger charge is 2.30. The molecule has 1 saturated heterocycles. The molecule has 19 heavy (non-hydrogen) atoms. The van der Waals surface area contributed by atoms with Crippen molar-refractivity contribution in [2.24, 2.45) is 0 Å². The highest BCUT2D eigenvalue weighted by molar-refractivity contribution is 7.99. The second kappa shape index (κ2) is 7.50. The van der Waals surface area contributed by atoms with Crippen LogP contribution in [0.5, 0.6) is 0 Å². The monoisotopic (exact) mass is 286 g/mol. The van der Waals surface area contributed by atoms with E-state index in [1.165, 1.54) is 19.3 Å². The minimum atomic E-state index is 0.129. The summed E-state index contributed by atoms with van der Waals surface area (Å²) in [5.41, 5.74) is 0. The van der Waals surface area contributed by atoms with E-state index in [4.69, 9.17) is 4.74 Å². The van der Waals surface area contributed by atoms with E-state index in [1.54, 1.807) is 0 Å². The molecule has 1 N–H and O–H groups in total. The average molecular weight is 286 g/mol. The topological polar surface area (TPSA) is 41.6 Å². The van der Waals surface area contributed by atoms with E-state index in [9.17, 15) is 4.79 Å². The SMILES string of the molecule is CS[C@@H]1CCC[C@H]1N(C)CC(=O)NC[C@H]1CCCO1. The first-order valence-corrected chi connectivity index (χ1v) is 8.61. The molecule has 0 unspecified atom stereocenters. The van der Waals surface area contributed by atoms with Crippen molar-refractivity contribution in [1.29, 1.82) is 0 Å². The first-order valence-electron chi connectivity index (χ1n) is 7.32. The number of hydrogen-bond acceptors (Lipinski definition) is 4. The normalized spacial score (nSPS) is 31.0. The maximum Gasteiger partial charge on any atom is 0.234 e. The molecule has 0 radical (unpaired) electrons. The van der Waals surface area contributed by atoms with E-state index in [0.29, 0.717) is 24.4 Å².